The average molecular weight is 1090 g/mol. The van der Waals surface area contributed by atoms with Gasteiger partial charge in [-0.25, -0.2) is 9.97 Å². The molecule has 0 spiro atoms. The summed E-state index contributed by atoms with van der Waals surface area (Å²) in [4.78, 5) is 10.4. The van der Waals surface area contributed by atoms with Crippen molar-refractivity contribution in [2.24, 2.45) is 0 Å². The summed E-state index contributed by atoms with van der Waals surface area (Å²) in [6.45, 7) is 6.07. The van der Waals surface area contributed by atoms with E-state index < -0.39 is 0 Å². The second-order valence-electron chi connectivity index (χ2n) is 21.9. The summed E-state index contributed by atoms with van der Waals surface area (Å²) in [5, 5.41) is 7.02. The Balaban J connectivity index is 0.956. The highest BCUT2D eigenvalue weighted by molar-refractivity contribution is 6.15. The zero-order valence-corrected chi connectivity index (χ0v) is 46.7. The Bertz CT molecular complexity index is 5250. The zero-order valence-electron chi connectivity index (χ0n) is 46.7. The first-order chi connectivity index (χ1) is 42.0. The number of rotatable bonds is 11. The van der Waals surface area contributed by atoms with Gasteiger partial charge in [0.2, 0.25) is 5.78 Å². The lowest BCUT2D eigenvalue weighted by Crippen LogP contribution is -2.00. The van der Waals surface area contributed by atoms with Crippen molar-refractivity contribution < 1.29 is 0 Å². The predicted molar refractivity (Wildman–Crippen MR) is 356 cm³/mol. The molecule has 0 unspecified atom stereocenters. The van der Waals surface area contributed by atoms with Crippen LogP contribution < -0.4 is 0 Å². The number of hydrogen-bond acceptors (Lipinski definition) is 2. The van der Waals surface area contributed by atoms with Crippen molar-refractivity contribution in [2.45, 2.75) is 6.92 Å². The standard InChI is InChI=1S/C79H54N6/c1-3-4-10-21-52(2)58-32-38-71-65(44-58)66-45-59(53-22-11-5-12-23-53)33-39-72(66)83(71)62-36-42-75-69(48-62)70-49-63(84-73-40-34-60(54-24-13-6-14-25-54)46-67(73)68-47-61(35-41-74(68)84)55-26-15-7-16-27-55)37-43-76(70)85(75)64-50-80-79-81-77(56-28-17-8-18-29-56)78(82(79)51-64)57-30-19-9-20-31-57/h3-51H,1H2,2H3/b10-4-,52-21+. The van der Waals surface area contributed by atoms with Gasteiger partial charge in [0.1, 0.15) is 0 Å². The van der Waals surface area contributed by atoms with E-state index in [4.69, 9.17) is 9.97 Å². The highest BCUT2D eigenvalue weighted by atomic mass is 15.1. The SMILES string of the molecule is C=C/C=C\C=C(/C)c1ccc2c(c1)c1cc(-c3ccccc3)ccc1n2-c1ccc2c(c1)c1cc(-n3c4ccc(-c5ccccc5)cc4c4cc(-c5ccccc5)ccc43)ccc1n2-c1cnc2nc(-c3ccccc3)c(-c3ccccc3)n2c1. The maximum absolute atomic E-state index is 5.21. The number of fused-ring (bicyclic) bond motifs is 10. The van der Waals surface area contributed by atoms with E-state index in [2.05, 4.69) is 305 Å². The fourth-order valence-corrected chi connectivity index (χ4v) is 12.9. The van der Waals surface area contributed by atoms with E-state index in [-0.39, 0.29) is 0 Å². The van der Waals surface area contributed by atoms with Gasteiger partial charge in [-0.3, -0.25) is 4.40 Å². The van der Waals surface area contributed by atoms with Crippen molar-refractivity contribution in [1.29, 1.82) is 0 Å². The third kappa shape index (κ3) is 8.33. The zero-order chi connectivity index (χ0) is 56.5. The number of hydrogen-bond donors (Lipinski definition) is 0. The molecule has 0 amide bonds. The topological polar surface area (TPSA) is 45.0 Å². The van der Waals surface area contributed by atoms with Crippen LogP contribution in [0, 0.1) is 0 Å². The van der Waals surface area contributed by atoms with Crippen LogP contribution in [0.15, 0.2) is 304 Å². The van der Waals surface area contributed by atoms with Crippen LogP contribution in [0.25, 0.3) is 150 Å². The normalized spacial score (nSPS) is 12.1. The highest BCUT2D eigenvalue weighted by Gasteiger charge is 2.23. The van der Waals surface area contributed by atoms with E-state index in [9.17, 15) is 0 Å². The molecule has 5 heterocycles. The Morgan fingerprint density at radius 3 is 1.21 bits per heavy atom. The molecule has 85 heavy (non-hydrogen) atoms. The van der Waals surface area contributed by atoms with Gasteiger partial charge in [-0.05, 0) is 136 Å². The molecule has 0 N–H and O–H groups in total. The number of benzene rings is 11. The van der Waals surface area contributed by atoms with Gasteiger partial charge in [0, 0.05) is 61.0 Å². The Kier molecular flexibility index (Phi) is 11.8. The van der Waals surface area contributed by atoms with Gasteiger partial charge in [0.05, 0.1) is 56.4 Å². The van der Waals surface area contributed by atoms with E-state index in [1.807, 2.05) is 24.4 Å². The van der Waals surface area contributed by atoms with E-state index in [1.165, 1.54) is 66.1 Å². The smallest absolute Gasteiger partial charge is 0.234 e. The van der Waals surface area contributed by atoms with Crippen LogP contribution >= 0.6 is 0 Å². The Morgan fingerprint density at radius 1 is 0.365 bits per heavy atom. The summed E-state index contributed by atoms with van der Waals surface area (Å²) in [6.07, 6.45) is 12.2. The maximum Gasteiger partial charge on any atom is 0.234 e. The molecule has 0 aliphatic rings. The fourth-order valence-electron chi connectivity index (χ4n) is 12.9. The Labute approximate surface area is 491 Å². The number of allylic oxidation sites excluding steroid dienone is 5. The van der Waals surface area contributed by atoms with Crippen molar-refractivity contribution in [1.82, 2.24) is 28.1 Å². The van der Waals surface area contributed by atoms with E-state index in [0.29, 0.717) is 5.78 Å². The molecule has 6 heteroatoms. The van der Waals surface area contributed by atoms with Crippen LogP contribution in [-0.2, 0) is 0 Å². The molecule has 0 bridgehead atoms. The molecule has 0 radical (unpaired) electrons. The van der Waals surface area contributed by atoms with Crippen LogP contribution in [0.2, 0.25) is 0 Å². The predicted octanol–water partition coefficient (Wildman–Crippen LogP) is 20.5. The van der Waals surface area contributed by atoms with Gasteiger partial charge in [-0.15, -0.1) is 0 Å². The summed E-state index contributed by atoms with van der Waals surface area (Å²) in [5.41, 5.74) is 23.2. The highest BCUT2D eigenvalue weighted by Crippen LogP contribution is 2.43. The molecule has 5 aromatic heterocycles. The molecule has 400 valence electrons. The first kappa shape index (κ1) is 49.5. The molecule has 11 aromatic carbocycles. The molecule has 0 fully saturated rings. The van der Waals surface area contributed by atoms with Crippen LogP contribution in [0.1, 0.15) is 12.5 Å². The fraction of sp³-hybridized carbons (Fsp3) is 0.0127. The molecule has 0 atom stereocenters. The van der Waals surface area contributed by atoms with Crippen LogP contribution in [-0.4, -0.2) is 28.1 Å². The first-order valence-corrected chi connectivity index (χ1v) is 28.9. The van der Waals surface area contributed by atoms with Crippen molar-refractivity contribution >= 4 is 76.8 Å². The summed E-state index contributed by atoms with van der Waals surface area (Å²) in [7, 11) is 0. The lowest BCUT2D eigenvalue weighted by molar-refractivity contribution is 1.05. The van der Waals surface area contributed by atoms with Crippen LogP contribution in [0.5, 0.6) is 0 Å². The monoisotopic (exact) mass is 1090 g/mol. The molecular formula is C79H54N6. The quantitative estimate of drug-likeness (QED) is 0.121. The molecular weight excluding hydrogens is 1030 g/mol. The van der Waals surface area contributed by atoms with Crippen molar-refractivity contribution in [3.05, 3.63) is 310 Å². The first-order valence-electron chi connectivity index (χ1n) is 28.9. The minimum atomic E-state index is 0.632. The Hall–Kier alpha value is -11.3. The molecule has 0 saturated carbocycles. The average Bonchev–Trinajstić information content (AvgIpc) is 1.74. The van der Waals surface area contributed by atoms with Crippen molar-refractivity contribution in [3.63, 3.8) is 0 Å². The molecule has 0 aliphatic carbocycles. The largest absolute Gasteiger partial charge is 0.309 e. The van der Waals surface area contributed by atoms with E-state index in [1.54, 1.807) is 0 Å². The van der Waals surface area contributed by atoms with Gasteiger partial charge in [0.15, 0.2) is 0 Å². The molecule has 16 rings (SSSR count). The Morgan fingerprint density at radius 2 is 0.753 bits per heavy atom. The second kappa shape index (κ2) is 20.3. The van der Waals surface area contributed by atoms with Gasteiger partial charge in [0.25, 0.3) is 0 Å². The third-order valence-electron chi connectivity index (χ3n) is 17.0. The van der Waals surface area contributed by atoms with Crippen molar-refractivity contribution in [3.8, 4) is 73.0 Å². The number of aromatic nitrogens is 6. The summed E-state index contributed by atoms with van der Waals surface area (Å²) in [5.74, 6) is 0.632. The minimum absolute atomic E-state index is 0.632. The molecule has 0 aliphatic heterocycles. The summed E-state index contributed by atoms with van der Waals surface area (Å²) in [6, 6.07) is 94.8. The third-order valence-corrected chi connectivity index (χ3v) is 17.0. The van der Waals surface area contributed by atoms with E-state index in [0.717, 1.165) is 83.4 Å². The van der Waals surface area contributed by atoms with Gasteiger partial charge >= 0.3 is 0 Å². The van der Waals surface area contributed by atoms with Crippen LogP contribution in [0.4, 0.5) is 0 Å². The van der Waals surface area contributed by atoms with Gasteiger partial charge in [-0.2, -0.15) is 0 Å². The second-order valence-corrected chi connectivity index (χ2v) is 21.9. The molecule has 6 nitrogen and oxygen atoms in total. The molecule has 16 aromatic rings. The minimum Gasteiger partial charge on any atom is -0.309 e. The number of imidazole rings is 1. The van der Waals surface area contributed by atoms with E-state index >= 15 is 0 Å². The van der Waals surface area contributed by atoms with Gasteiger partial charge < -0.3 is 13.7 Å². The van der Waals surface area contributed by atoms with Crippen LogP contribution in [0.3, 0.4) is 0 Å². The number of nitrogens with zero attached hydrogens (tertiary/aromatic N) is 6. The summed E-state index contributed by atoms with van der Waals surface area (Å²) < 4.78 is 9.45. The lowest BCUT2D eigenvalue weighted by atomic mass is 10.0. The van der Waals surface area contributed by atoms with Crippen molar-refractivity contribution in [2.75, 3.05) is 0 Å². The maximum atomic E-state index is 5.21. The molecule has 0 saturated heterocycles. The summed E-state index contributed by atoms with van der Waals surface area (Å²) >= 11 is 0. The lowest BCUT2D eigenvalue weighted by Gasteiger charge is -2.12. The van der Waals surface area contributed by atoms with Gasteiger partial charge in [-0.1, -0.05) is 207 Å².